The number of carbonyl (C=O) groups is 1. The number of para-hydroxylation sites is 1. The molecular weight excluding hydrogens is 339 g/mol. The fraction of sp³-hybridized carbons (Fsp3) is 0.174. The molecule has 3 rings (SSSR count). The van der Waals surface area contributed by atoms with Crippen molar-refractivity contribution in [2.75, 3.05) is 12.4 Å². The molecule has 0 aromatic heterocycles. The van der Waals surface area contributed by atoms with E-state index in [1.807, 2.05) is 74.6 Å². The van der Waals surface area contributed by atoms with Gasteiger partial charge in [0, 0.05) is 16.8 Å². The Kier molecular flexibility index (Phi) is 5.99. The normalized spacial score (nSPS) is 13.0. The third kappa shape index (κ3) is 4.60. The molecule has 2 N–H and O–H groups in total. The molecule has 2 atom stereocenters. The van der Waals surface area contributed by atoms with Crippen LogP contribution in [0.25, 0.3) is 11.1 Å². The summed E-state index contributed by atoms with van der Waals surface area (Å²) in [5.41, 5.74) is 3.41. The van der Waals surface area contributed by atoms with E-state index in [9.17, 15) is 9.18 Å². The minimum atomic E-state index is -0.326. The standard InChI is InChI=1S/C23H23FN2O/c1-17(26(2)16-19-12-6-8-14-21(19)24)23(27)25-22-15-9-7-13-20(22)18-10-4-3-5-11-18/h3-15,17H,16H2,1-2H3,(H,25,27)/p+1/t17-/m0/s1. The minimum absolute atomic E-state index is 0.0905. The van der Waals surface area contributed by atoms with Gasteiger partial charge in [-0.25, -0.2) is 4.39 Å². The van der Waals surface area contributed by atoms with E-state index < -0.39 is 0 Å². The van der Waals surface area contributed by atoms with E-state index in [-0.39, 0.29) is 17.8 Å². The van der Waals surface area contributed by atoms with Crippen molar-refractivity contribution in [3.8, 4) is 11.1 Å². The topological polar surface area (TPSA) is 33.5 Å². The Hall–Kier alpha value is -2.98. The summed E-state index contributed by atoms with van der Waals surface area (Å²) < 4.78 is 13.9. The van der Waals surface area contributed by atoms with Crippen molar-refractivity contribution < 1.29 is 14.1 Å². The summed E-state index contributed by atoms with van der Waals surface area (Å²) in [7, 11) is 1.90. The molecule has 3 nitrogen and oxygen atoms in total. The van der Waals surface area contributed by atoms with Gasteiger partial charge >= 0.3 is 0 Å². The van der Waals surface area contributed by atoms with Crippen molar-refractivity contribution in [2.45, 2.75) is 19.5 Å². The molecule has 3 aromatic carbocycles. The van der Waals surface area contributed by atoms with Crippen LogP contribution >= 0.6 is 0 Å². The molecular formula is C23H24FN2O+. The Morgan fingerprint density at radius 2 is 1.59 bits per heavy atom. The molecule has 0 aliphatic heterocycles. The highest BCUT2D eigenvalue weighted by Crippen LogP contribution is 2.27. The summed E-state index contributed by atoms with van der Waals surface area (Å²) in [6, 6.07) is 24.1. The zero-order valence-electron chi connectivity index (χ0n) is 15.6. The summed E-state index contributed by atoms with van der Waals surface area (Å²) in [6.07, 6.45) is 0. The quantitative estimate of drug-likeness (QED) is 0.690. The molecule has 1 unspecified atom stereocenters. The molecule has 0 bridgehead atoms. The number of carbonyl (C=O) groups excluding carboxylic acids is 1. The molecule has 3 aromatic rings. The highest BCUT2D eigenvalue weighted by atomic mass is 19.1. The van der Waals surface area contributed by atoms with Crippen molar-refractivity contribution in [1.29, 1.82) is 0 Å². The fourth-order valence-corrected chi connectivity index (χ4v) is 3.02. The van der Waals surface area contributed by atoms with Gasteiger partial charge in [-0.2, -0.15) is 0 Å². The number of anilines is 1. The minimum Gasteiger partial charge on any atom is -0.324 e. The zero-order chi connectivity index (χ0) is 19.2. The van der Waals surface area contributed by atoms with Crippen molar-refractivity contribution in [1.82, 2.24) is 0 Å². The highest BCUT2D eigenvalue weighted by Gasteiger charge is 2.23. The summed E-state index contributed by atoms with van der Waals surface area (Å²) >= 11 is 0. The highest BCUT2D eigenvalue weighted by molar-refractivity contribution is 5.97. The average Bonchev–Trinajstić information content (AvgIpc) is 2.70. The van der Waals surface area contributed by atoms with Crippen LogP contribution in [0.4, 0.5) is 10.1 Å². The summed E-state index contributed by atoms with van der Waals surface area (Å²) in [5, 5.41) is 3.04. The van der Waals surface area contributed by atoms with Crippen LogP contribution in [0.2, 0.25) is 0 Å². The van der Waals surface area contributed by atoms with Gasteiger partial charge in [-0.05, 0) is 24.6 Å². The van der Waals surface area contributed by atoms with Gasteiger partial charge in [-0.1, -0.05) is 66.7 Å². The van der Waals surface area contributed by atoms with Crippen LogP contribution in [0, 0.1) is 5.82 Å². The number of hydrogen-bond donors (Lipinski definition) is 2. The molecule has 138 valence electrons. The lowest BCUT2D eigenvalue weighted by Gasteiger charge is -2.22. The molecule has 1 amide bonds. The van der Waals surface area contributed by atoms with Crippen LogP contribution in [0.3, 0.4) is 0 Å². The van der Waals surface area contributed by atoms with Crippen molar-refractivity contribution in [2.24, 2.45) is 0 Å². The largest absolute Gasteiger partial charge is 0.324 e. The van der Waals surface area contributed by atoms with Crippen LogP contribution < -0.4 is 10.2 Å². The zero-order valence-corrected chi connectivity index (χ0v) is 15.6. The smallest absolute Gasteiger partial charge is 0.282 e. The van der Waals surface area contributed by atoms with Gasteiger partial charge in [0.05, 0.1) is 7.05 Å². The SMILES string of the molecule is C[C@@H](C(=O)Nc1ccccc1-c1ccccc1)[NH+](C)Cc1ccccc1F. The van der Waals surface area contributed by atoms with Crippen molar-refractivity contribution >= 4 is 11.6 Å². The Morgan fingerprint density at radius 1 is 0.963 bits per heavy atom. The van der Waals surface area contributed by atoms with Crippen LogP contribution in [0.15, 0.2) is 78.9 Å². The summed E-state index contributed by atoms with van der Waals surface area (Å²) in [5.74, 6) is -0.328. The fourth-order valence-electron chi connectivity index (χ4n) is 3.02. The molecule has 0 aliphatic carbocycles. The molecule has 27 heavy (non-hydrogen) atoms. The van der Waals surface area contributed by atoms with Gasteiger partial charge in [-0.3, -0.25) is 4.79 Å². The van der Waals surface area contributed by atoms with Crippen LogP contribution in [0.1, 0.15) is 12.5 Å². The first-order valence-corrected chi connectivity index (χ1v) is 9.07. The second-order valence-electron chi connectivity index (χ2n) is 6.74. The molecule has 0 fully saturated rings. The van der Waals surface area contributed by atoms with E-state index in [1.165, 1.54) is 6.07 Å². The summed E-state index contributed by atoms with van der Waals surface area (Å²) in [4.78, 5) is 13.7. The van der Waals surface area contributed by atoms with Gasteiger partial charge in [0.1, 0.15) is 12.4 Å². The average molecular weight is 363 g/mol. The second-order valence-corrected chi connectivity index (χ2v) is 6.74. The number of quaternary nitrogens is 1. The predicted octanol–water partition coefficient (Wildman–Crippen LogP) is 3.53. The van der Waals surface area contributed by atoms with E-state index in [2.05, 4.69) is 5.32 Å². The van der Waals surface area contributed by atoms with Gasteiger partial charge < -0.3 is 10.2 Å². The predicted molar refractivity (Wildman–Crippen MR) is 107 cm³/mol. The molecule has 0 saturated heterocycles. The van der Waals surface area contributed by atoms with E-state index in [0.717, 1.165) is 21.7 Å². The maximum Gasteiger partial charge on any atom is 0.282 e. The van der Waals surface area contributed by atoms with Gasteiger partial charge in [-0.15, -0.1) is 0 Å². The van der Waals surface area contributed by atoms with Crippen molar-refractivity contribution in [3.05, 3.63) is 90.2 Å². The number of amides is 1. The van der Waals surface area contributed by atoms with Gasteiger partial charge in [0.25, 0.3) is 5.91 Å². The molecule has 0 heterocycles. The maximum atomic E-state index is 13.9. The Balaban J connectivity index is 1.73. The Bertz CT molecular complexity index is 911. The van der Waals surface area contributed by atoms with E-state index in [4.69, 9.17) is 0 Å². The van der Waals surface area contributed by atoms with Crippen LogP contribution in [-0.2, 0) is 11.3 Å². The van der Waals surface area contributed by atoms with Gasteiger partial charge in [0.15, 0.2) is 6.04 Å². The molecule has 0 saturated carbocycles. The number of rotatable bonds is 6. The first kappa shape index (κ1) is 18.8. The van der Waals surface area contributed by atoms with Crippen molar-refractivity contribution in [3.63, 3.8) is 0 Å². The molecule has 4 heteroatoms. The first-order valence-electron chi connectivity index (χ1n) is 9.07. The Labute approximate surface area is 159 Å². The third-order valence-electron chi connectivity index (χ3n) is 4.83. The number of benzene rings is 3. The monoisotopic (exact) mass is 363 g/mol. The van der Waals surface area contributed by atoms with Crippen LogP contribution in [0.5, 0.6) is 0 Å². The lowest BCUT2D eigenvalue weighted by Crippen LogP contribution is -3.12. The number of hydrogen-bond acceptors (Lipinski definition) is 1. The van der Waals surface area contributed by atoms with E-state index in [1.54, 1.807) is 12.1 Å². The summed E-state index contributed by atoms with van der Waals surface area (Å²) in [6.45, 7) is 2.30. The Morgan fingerprint density at radius 3 is 2.33 bits per heavy atom. The lowest BCUT2D eigenvalue weighted by atomic mass is 10.0. The first-order chi connectivity index (χ1) is 13.1. The maximum absolute atomic E-state index is 13.9. The number of nitrogens with one attached hydrogen (secondary N) is 2. The van der Waals surface area contributed by atoms with E-state index in [0.29, 0.717) is 12.1 Å². The van der Waals surface area contributed by atoms with E-state index >= 15 is 0 Å². The number of halogens is 1. The van der Waals surface area contributed by atoms with Crippen LogP contribution in [-0.4, -0.2) is 19.0 Å². The lowest BCUT2D eigenvalue weighted by molar-refractivity contribution is -0.908. The molecule has 0 spiro atoms. The number of likely N-dealkylation sites (N-methyl/N-ethyl adjacent to an activating group) is 1. The van der Waals surface area contributed by atoms with Gasteiger partial charge in [0.2, 0.25) is 0 Å². The molecule has 0 aliphatic rings. The second kappa shape index (κ2) is 8.60. The molecule has 0 radical (unpaired) electrons. The third-order valence-corrected chi connectivity index (χ3v) is 4.83.